The van der Waals surface area contributed by atoms with Crippen LogP contribution in [0.5, 0.6) is 0 Å². The van der Waals surface area contributed by atoms with Gasteiger partial charge in [-0.25, -0.2) is 28.6 Å². The van der Waals surface area contributed by atoms with Crippen molar-refractivity contribution < 1.29 is 31.5 Å². The van der Waals surface area contributed by atoms with Gasteiger partial charge in [0.15, 0.2) is 10.0 Å². The first kappa shape index (κ1) is 36.5. The number of ether oxygens (including phenoxy) is 2. The van der Waals surface area contributed by atoms with Gasteiger partial charge in [-0.1, -0.05) is 35.3 Å². The molecule has 0 N–H and O–H groups in total. The second-order valence-electron chi connectivity index (χ2n) is 15.5. The first-order valence-electron chi connectivity index (χ1n) is 16.7. The molecule has 3 aliphatic rings. The zero-order valence-electron chi connectivity index (χ0n) is 29.4. The number of rotatable bonds is 11. The quantitative estimate of drug-likeness (QED) is 0.0957. The lowest BCUT2D eigenvalue weighted by atomic mass is 10.1. The number of hydrogen-bond donors (Lipinski definition) is 0. The largest absolute Gasteiger partial charge is 0.444 e. The molecule has 18 heteroatoms. The zero-order chi connectivity index (χ0) is 36.4. The molecule has 0 radical (unpaired) electrons. The highest BCUT2D eigenvalue weighted by molar-refractivity contribution is 7.89. The van der Waals surface area contributed by atoms with E-state index >= 15 is 0 Å². The van der Waals surface area contributed by atoms with Crippen molar-refractivity contribution in [2.24, 2.45) is 7.05 Å². The van der Waals surface area contributed by atoms with E-state index < -0.39 is 40.8 Å². The molecular weight excluding hydrogens is 707 g/mol. The zero-order valence-corrected chi connectivity index (χ0v) is 32.1. The number of hydrogen-bond acceptors (Lipinski definition) is 10. The monoisotopic (exact) mass is 750 g/mol. The maximum absolute atomic E-state index is 14.7. The topological polar surface area (TPSA) is 127 Å². The minimum Gasteiger partial charge on any atom is -0.444 e. The first-order valence-corrected chi connectivity index (χ1v) is 22.7. The second kappa shape index (κ2) is 13.1. The highest BCUT2D eigenvalue weighted by Gasteiger charge is 2.61. The van der Waals surface area contributed by atoms with Crippen molar-refractivity contribution in [2.45, 2.75) is 107 Å². The Morgan fingerprint density at radius 3 is 2.38 bits per heavy atom. The van der Waals surface area contributed by atoms with Crippen molar-refractivity contribution in [3.05, 3.63) is 28.6 Å². The fourth-order valence-corrected chi connectivity index (χ4v) is 9.76. The van der Waals surface area contributed by atoms with Crippen LogP contribution in [-0.2, 0) is 26.5 Å². The molecule has 50 heavy (non-hydrogen) atoms. The van der Waals surface area contributed by atoms with E-state index in [2.05, 4.69) is 44.7 Å². The molecule has 3 aromatic rings. The minimum absolute atomic E-state index is 0.0708. The van der Waals surface area contributed by atoms with Gasteiger partial charge in [-0.15, -0.1) is 10.2 Å². The molecule has 2 saturated heterocycles. The summed E-state index contributed by atoms with van der Waals surface area (Å²) in [4.78, 5) is 20.8. The van der Waals surface area contributed by atoms with Crippen LogP contribution in [0.15, 0.2) is 17.0 Å². The number of alkyl halides is 2. The fraction of sp³-hybridized carbons (Fsp3) is 0.656. The number of fused-ring (bicyclic) bond motifs is 3. The molecule has 1 amide bonds. The van der Waals surface area contributed by atoms with E-state index in [4.69, 9.17) is 16.0 Å². The van der Waals surface area contributed by atoms with Gasteiger partial charge in [-0.3, -0.25) is 14.4 Å². The number of amides is 1. The predicted molar refractivity (Wildman–Crippen MR) is 188 cm³/mol. The van der Waals surface area contributed by atoms with Crippen LogP contribution in [0.25, 0.3) is 26.4 Å². The molecule has 2 unspecified atom stereocenters. The Bertz CT molecular complexity index is 1920. The Morgan fingerprint density at radius 1 is 1.18 bits per heavy atom. The number of benzene rings is 1. The van der Waals surface area contributed by atoms with Crippen molar-refractivity contribution in [1.29, 1.82) is 0 Å². The third kappa shape index (κ3) is 7.11. The number of aryl methyl sites for hydroxylation is 1. The molecule has 1 aliphatic carbocycles. The summed E-state index contributed by atoms with van der Waals surface area (Å²) in [6.45, 7) is 21.0. The summed E-state index contributed by atoms with van der Waals surface area (Å²) in [6.07, 6.45) is -0.907. The minimum atomic E-state index is -4.33. The number of anilines is 1. The van der Waals surface area contributed by atoms with Gasteiger partial charge < -0.3 is 14.4 Å². The van der Waals surface area contributed by atoms with Crippen LogP contribution in [-0.4, -0.2) is 102 Å². The Kier molecular flexibility index (Phi) is 9.55. The molecule has 13 nitrogen and oxygen atoms in total. The van der Waals surface area contributed by atoms with Gasteiger partial charge in [0.05, 0.1) is 41.0 Å². The SMILES string of the molecule is [C-]#[N+]C1(N(COCC[Si](C)(C)C)S(=O)(=O)c2cc(N3CC4CCC(C3)N4C(=O)OC(C)(C)C)c3c(c2)c(-c2nnc(C(F)F)s2)nn3C)CC1. The van der Waals surface area contributed by atoms with Crippen LogP contribution in [0, 0.1) is 6.57 Å². The Hall–Kier alpha value is -3.24. The number of nitrogens with zero attached hydrogens (tertiary/aromatic N) is 8. The molecule has 3 fully saturated rings. The van der Waals surface area contributed by atoms with Crippen molar-refractivity contribution in [1.82, 2.24) is 29.2 Å². The van der Waals surface area contributed by atoms with Crippen LogP contribution in [0.1, 0.15) is 57.9 Å². The lowest BCUT2D eigenvalue weighted by molar-refractivity contribution is 0.0123. The summed E-state index contributed by atoms with van der Waals surface area (Å²) in [5.41, 5.74) is -0.522. The van der Waals surface area contributed by atoms with E-state index in [1.165, 1.54) is 10.4 Å². The first-order chi connectivity index (χ1) is 23.3. The summed E-state index contributed by atoms with van der Waals surface area (Å²) >= 11 is 0.699. The van der Waals surface area contributed by atoms with Gasteiger partial charge in [0.2, 0.25) is 0 Å². The third-order valence-corrected chi connectivity index (χ3v) is 13.8. The van der Waals surface area contributed by atoms with Gasteiger partial charge in [0.1, 0.15) is 18.0 Å². The van der Waals surface area contributed by atoms with Gasteiger partial charge in [0.25, 0.3) is 16.4 Å². The predicted octanol–water partition coefficient (Wildman–Crippen LogP) is 6.33. The summed E-state index contributed by atoms with van der Waals surface area (Å²) in [5, 5.41) is 12.3. The van der Waals surface area contributed by atoms with E-state index in [0.29, 0.717) is 60.5 Å². The molecule has 6 rings (SSSR count). The molecule has 2 aromatic heterocycles. The standard InChI is InChI=1S/C32H44F2N8O5S2Si/c1-31(2,3)47-30(43)42-20-9-10-21(42)18-40(17-20)24-16-22(15-23-25(38-39(5)26(23)24)28-36-37-29(48-28)27(33)34)49(44,45)41(32(35-4)11-12-32)19-46-13-14-50(6,7)8/h15-16,20-21,27H,9-14,17-19H2,1-3,5-8H3. The molecule has 2 bridgehead atoms. The molecule has 0 spiro atoms. The van der Waals surface area contributed by atoms with Crippen LogP contribution in [0.2, 0.25) is 25.7 Å². The van der Waals surface area contributed by atoms with Gasteiger partial charge in [0, 0.05) is 40.2 Å². The lowest BCUT2D eigenvalue weighted by Gasteiger charge is -2.42. The lowest BCUT2D eigenvalue weighted by Crippen LogP contribution is -2.56. The summed E-state index contributed by atoms with van der Waals surface area (Å²) in [6, 6.07) is 3.58. The van der Waals surface area contributed by atoms with Crippen molar-refractivity contribution in [2.75, 3.05) is 31.3 Å². The van der Waals surface area contributed by atoms with Crippen molar-refractivity contribution in [3.63, 3.8) is 0 Å². The average molecular weight is 751 g/mol. The molecule has 1 aromatic carbocycles. The smallest absolute Gasteiger partial charge is 0.410 e. The molecule has 4 heterocycles. The van der Waals surface area contributed by atoms with E-state index in [9.17, 15) is 22.0 Å². The van der Waals surface area contributed by atoms with Crippen LogP contribution < -0.4 is 4.90 Å². The maximum atomic E-state index is 14.7. The van der Waals surface area contributed by atoms with E-state index in [0.717, 1.165) is 18.9 Å². The van der Waals surface area contributed by atoms with E-state index in [1.54, 1.807) is 22.7 Å². The van der Waals surface area contributed by atoms with Gasteiger partial charge in [-0.05, 0) is 51.8 Å². The summed E-state index contributed by atoms with van der Waals surface area (Å²) in [7, 11) is -4.08. The number of sulfonamides is 1. The number of carbonyl (C=O) groups is 1. The molecule has 1 saturated carbocycles. The van der Waals surface area contributed by atoms with Crippen LogP contribution >= 0.6 is 11.3 Å². The number of piperazine rings is 1. The number of halogens is 2. The van der Waals surface area contributed by atoms with Crippen LogP contribution in [0.4, 0.5) is 19.3 Å². The Balaban J connectivity index is 1.44. The Morgan fingerprint density at radius 2 is 1.84 bits per heavy atom. The second-order valence-corrected chi connectivity index (χ2v) is 24.0. The van der Waals surface area contributed by atoms with E-state index in [-0.39, 0.29) is 40.5 Å². The van der Waals surface area contributed by atoms with Gasteiger partial charge in [-0.2, -0.15) is 5.10 Å². The summed E-state index contributed by atoms with van der Waals surface area (Å²) < 4.78 is 70.9. The molecule has 272 valence electrons. The van der Waals surface area contributed by atoms with Crippen molar-refractivity contribution >= 4 is 52.1 Å². The molecular formula is C32H44F2N8O5S2Si. The fourth-order valence-electron chi connectivity index (χ4n) is 6.64. The highest BCUT2D eigenvalue weighted by atomic mass is 32.2. The van der Waals surface area contributed by atoms with Gasteiger partial charge >= 0.3 is 11.8 Å². The summed E-state index contributed by atoms with van der Waals surface area (Å²) in [5.74, 6) is 0. The van der Waals surface area contributed by atoms with Crippen molar-refractivity contribution in [3.8, 4) is 10.7 Å². The third-order valence-electron chi connectivity index (χ3n) is 9.31. The number of carbonyl (C=O) groups excluding carboxylic acids is 1. The molecule has 2 aliphatic heterocycles. The van der Waals surface area contributed by atoms with E-state index in [1.807, 2.05) is 20.8 Å². The normalized spacial score (nSPS) is 20.6. The average Bonchev–Trinajstić information content (AvgIpc) is 3.35. The maximum Gasteiger partial charge on any atom is 0.410 e. The molecule has 2 atom stereocenters. The number of aromatic nitrogens is 4. The highest BCUT2D eigenvalue weighted by Crippen LogP contribution is 2.47. The Labute approximate surface area is 296 Å². The van der Waals surface area contributed by atoms with Crippen LogP contribution in [0.3, 0.4) is 0 Å².